The number of anilines is 1. The van der Waals surface area contributed by atoms with E-state index < -0.39 is 16.1 Å². The first kappa shape index (κ1) is 16.2. The van der Waals surface area contributed by atoms with Crippen LogP contribution in [0.2, 0.25) is 0 Å². The van der Waals surface area contributed by atoms with Crippen molar-refractivity contribution in [3.63, 3.8) is 0 Å². The zero-order chi connectivity index (χ0) is 15.8. The van der Waals surface area contributed by atoms with Crippen LogP contribution in [-0.4, -0.2) is 50.3 Å². The van der Waals surface area contributed by atoms with Crippen LogP contribution in [0.1, 0.15) is 24.2 Å². The van der Waals surface area contributed by atoms with E-state index in [1.54, 1.807) is 19.9 Å². The molecule has 0 aromatic heterocycles. The SMILES string of the molecule is Cc1cc(N2CCN(S(C)(=O)=O)CC2)c([C@@H](C)O)cc1F. The molecule has 1 fully saturated rings. The van der Waals surface area contributed by atoms with Gasteiger partial charge in [-0.05, 0) is 31.5 Å². The number of hydrogen-bond donors (Lipinski definition) is 1. The number of nitrogens with zero attached hydrogens (tertiary/aromatic N) is 2. The highest BCUT2D eigenvalue weighted by Crippen LogP contribution is 2.30. The van der Waals surface area contributed by atoms with E-state index in [4.69, 9.17) is 0 Å². The van der Waals surface area contributed by atoms with Crippen molar-refractivity contribution in [2.75, 3.05) is 37.3 Å². The van der Waals surface area contributed by atoms with Gasteiger partial charge in [0.2, 0.25) is 10.0 Å². The van der Waals surface area contributed by atoms with Crippen molar-refractivity contribution < 1.29 is 17.9 Å². The van der Waals surface area contributed by atoms with E-state index in [0.717, 1.165) is 5.69 Å². The van der Waals surface area contributed by atoms with Crippen LogP contribution in [0.5, 0.6) is 0 Å². The molecule has 0 amide bonds. The first-order valence-corrected chi connectivity index (χ1v) is 8.73. The largest absolute Gasteiger partial charge is 0.389 e. The number of hydrogen-bond acceptors (Lipinski definition) is 4. The van der Waals surface area contributed by atoms with Crippen molar-refractivity contribution in [1.82, 2.24) is 4.31 Å². The van der Waals surface area contributed by atoms with Gasteiger partial charge in [0, 0.05) is 37.4 Å². The molecule has 0 saturated carbocycles. The lowest BCUT2D eigenvalue weighted by molar-refractivity contribution is 0.199. The number of halogens is 1. The molecule has 5 nitrogen and oxygen atoms in total. The lowest BCUT2D eigenvalue weighted by atomic mass is 10.0. The summed E-state index contributed by atoms with van der Waals surface area (Å²) in [6, 6.07) is 3.08. The third kappa shape index (κ3) is 3.53. The minimum atomic E-state index is -3.18. The van der Waals surface area contributed by atoms with Crippen molar-refractivity contribution >= 4 is 15.7 Å². The number of benzene rings is 1. The maximum absolute atomic E-state index is 13.7. The highest BCUT2D eigenvalue weighted by Gasteiger charge is 2.25. The van der Waals surface area contributed by atoms with Gasteiger partial charge in [-0.3, -0.25) is 0 Å². The van der Waals surface area contributed by atoms with Crippen molar-refractivity contribution in [1.29, 1.82) is 0 Å². The Kier molecular flexibility index (Phi) is 4.55. The molecule has 1 aliphatic rings. The van der Waals surface area contributed by atoms with E-state index >= 15 is 0 Å². The zero-order valence-corrected chi connectivity index (χ0v) is 13.3. The quantitative estimate of drug-likeness (QED) is 0.912. The fraction of sp³-hybridized carbons (Fsp3) is 0.571. The van der Waals surface area contributed by atoms with Gasteiger partial charge in [0.05, 0.1) is 12.4 Å². The van der Waals surface area contributed by atoms with Gasteiger partial charge in [-0.25, -0.2) is 12.8 Å². The Bertz CT molecular complexity index is 623. The molecule has 0 bridgehead atoms. The van der Waals surface area contributed by atoms with Crippen molar-refractivity contribution in [2.24, 2.45) is 0 Å². The molecule has 21 heavy (non-hydrogen) atoms. The predicted octanol–water partition coefficient (Wildman–Crippen LogP) is 1.27. The van der Waals surface area contributed by atoms with Gasteiger partial charge in [0.15, 0.2) is 0 Å². The van der Waals surface area contributed by atoms with Gasteiger partial charge in [-0.2, -0.15) is 4.31 Å². The second kappa shape index (κ2) is 5.90. The summed E-state index contributed by atoms with van der Waals surface area (Å²) >= 11 is 0. The second-order valence-corrected chi connectivity index (χ2v) is 7.47. The molecule has 0 unspecified atom stereocenters. The third-order valence-electron chi connectivity index (χ3n) is 3.81. The summed E-state index contributed by atoms with van der Waals surface area (Å²) in [5.41, 5.74) is 1.82. The molecule has 0 radical (unpaired) electrons. The first-order valence-electron chi connectivity index (χ1n) is 6.88. The number of aliphatic hydroxyl groups excluding tert-OH is 1. The Morgan fingerprint density at radius 3 is 2.29 bits per heavy atom. The molecule has 1 aromatic carbocycles. The lowest BCUT2D eigenvalue weighted by Crippen LogP contribution is -2.48. The molecule has 1 heterocycles. The van der Waals surface area contributed by atoms with Gasteiger partial charge in [0.1, 0.15) is 5.82 Å². The predicted molar refractivity (Wildman–Crippen MR) is 80.4 cm³/mol. The molecule has 1 aliphatic heterocycles. The van der Waals surface area contributed by atoms with E-state index in [1.165, 1.54) is 16.6 Å². The Hall–Kier alpha value is -1.18. The van der Waals surface area contributed by atoms with E-state index in [-0.39, 0.29) is 5.82 Å². The third-order valence-corrected chi connectivity index (χ3v) is 5.11. The topological polar surface area (TPSA) is 60.9 Å². The molecule has 1 aromatic rings. The highest BCUT2D eigenvalue weighted by molar-refractivity contribution is 7.88. The van der Waals surface area contributed by atoms with Crippen LogP contribution < -0.4 is 4.90 Å². The summed E-state index contributed by atoms with van der Waals surface area (Å²) in [4.78, 5) is 2.00. The molecule has 1 saturated heterocycles. The summed E-state index contributed by atoms with van der Waals surface area (Å²) in [6.45, 7) is 5.12. The fourth-order valence-electron chi connectivity index (χ4n) is 2.55. The van der Waals surface area contributed by atoms with E-state index in [2.05, 4.69) is 0 Å². The van der Waals surface area contributed by atoms with E-state index in [9.17, 15) is 17.9 Å². The first-order chi connectivity index (χ1) is 9.70. The minimum Gasteiger partial charge on any atom is -0.389 e. The Morgan fingerprint density at radius 2 is 1.81 bits per heavy atom. The number of rotatable bonds is 3. The summed E-state index contributed by atoms with van der Waals surface area (Å²) in [5, 5.41) is 9.83. The summed E-state index contributed by atoms with van der Waals surface area (Å²) < 4.78 is 38.2. The minimum absolute atomic E-state index is 0.343. The molecule has 1 atom stereocenters. The molecule has 7 heteroatoms. The second-order valence-electron chi connectivity index (χ2n) is 5.49. The van der Waals surface area contributed by atoms with Crippen LogP contribution in [0.3, 0.4) is 0 Å². The van der Waals surface area contributed by atoms with E-state index in [1.807, 2.05) is 4.90 Å². The summed E-state index contributed by atoms with van der Waals surface area (Å²) in [6.07, 6.45) is 0.425. The van der Waals surface area contributed by atoms with Crippen LogP contribution in [0, 0.1) is 12.7 Å². The van der Waals surface area contributed by atoms with Crippen LogP contribution in [0.4, 0.5) is 10.1 Å². The number of aliphatic hydroxyl groups is 1. The maximum Gasteiger partial charge on any atom is 0.211 e. The van der Waals surface area contributed by atoms with Gasteiger partial charge in [-0.1, -0.05) is 0 Å². The van der Waals surface area contributed by atoms with Gasteiger partial charge in [0.25, 0.3) is 0 Å². The highest BCUT2D eigenvalue weighted by atomic mass is 32.2. The summed E-state index contributed by atoms with van der Waals surface area (Å²) in [7, 11) is -3.18. The number of aryl methyl sites for hydroxylation is 1. The molecular formula is C14H21FN2O3S. The Morgan fingerprint density at radius 1 is 1.24 bits per heavy atom. The summed E-state index contributed by atoms with van der Waals surface area (Å²) in [5.74, 6) is -0.343. The van der Waals surface area contributed by atoms with Crippen LogP contribution in [0.25, 0.3) is 0 Å². The monoisotopic (exact) mass is 316 g/mol. The Labute approximate surface area is 125 Å². The molecular weight excluding hydrogens is 295 g/mol. The fourth-order valence-corrected chi connectivity index (χ4v) is 3.38. The number of sulfonamides is 1. The molecule has 2 rings (SSSR count). The standard InChI is InChI=1S/C14H21FN2O3S/c1-10-8-14(12(11(2)18)9-13(10)15)16-4-6-17(7-5-16)21(3,19)20/h8-9,11,18H,4-7H2,1-3H3/t11-/m1/s1. The van der Waals surface area contributed by atoms with Crippen molar-refractivity contribution in [3.05, 3.63) is 29.1 Å². The van der Waals surface area contributed by atoms with Crippen molar-refractivity contribution in [2.45, 2.75) is 20.0 Å². The van der Waals surface area contributed by atoms with Crippen LogP contribution in [0.15, 0.2) is 12.1 Å². The zero-order valence-electron chi connectivity index (χ0n) is 12.5. The maximum atomic E-state index is 13.7. The van der Waals surface area contributed by atoms with Crippen LogP contribution >= 0.6 is 0 Å². The van der Waals surface area contributed by atoms with Gasteiger partial charge < -0.3 is 10.0 Å². The van der Waals surface area contributed by atoms with E-state index in [0.29, 0.717) is 37.3 Å². The smallest absolute Gasteiger partial charge is 0.211 e. The molecule has 1 N–H and O–H groups in total. The molecule has 0 spiro atoms. The average molecular weight is 316 g/mol. The van der Waals surface area contributed by atoms with Crippen molar-refractivity contribution in [3.8, 4) is 0 Å². The lowest BCUT2D eigenvalue weighted by Gasteiger charge is -2.36. The molecule has 118 valence electrons. The normalized spacial score (nSPS) is 18.8. The average Bonchev–Trinajstić information content (AvgIpc) is 2.40. The van der Waals surface area contributed by atoms with Crippen LogP contribution in [-0.2, 0) is 10.0 Å². The molecule has 0 aliphatic carbocycles. The Balaban J connectivity index is 2.26. The van der Waals surface area contributed by atoms with Gasteiger partial charge in [-0.15, -0.1) is 0 Å². The van der Waals surface area contributed by atoms with Gasteiger partial charge >= 0.3 is 0 Å². The number of piperazine rings is 1.